The van der Waals surface area contributed by atoms with Crippen LogP contribution in [0.1, 0.15) is 83.2 Å². The van der Waals surface area contributed by atoms with E-state index in [1.807, 2.05) is 37.3 Å². The molecule has 6 nitrogen and oxygen atoms in total. The maximum Gasteiger partial charge on any atom is 0.339 e. The van der Waals surface area contributed by atoms with Crippen LogP contribution in [-0.2, 0) is 9.47 Å². The predicted molar refractivity (Wildman–Crippen MR) is 164 cm³/mol. The number of ether oxygens (including phenoxy) is 2. The SMILES string of the molecule is CCCC(NC(=O)c1ccc(-c2cc(Cl)ccc2C(=O)OCC(Cl)(Cl)Cl)c(C(=O)OC(C)(C)C)c1)c1ccccc1. The Balaban J connectivity index is 2.08. The zero-order valence-electron chi connectivity index (χ0n) is 23.1. The Morgan fingerprint density at radius 3 is 2.15 bits per heavy atom. The van der Waals surface area contributed by atoms with Gasteiger partial charge in [-0.3, -0.25) is 4.79 Å². The minimum Gasteiger partial charge on any atom is -0.458 e. The summed E-state index contributed by atoms with van der Waals surface area (Å²) in [5, 5.41) is 3.38. The van der Waals surface area contributed by atoms with Crippen LogP contribution >= 0.6 is 46.4 Å². The van der Waals surface area contributed by atoms with Gasteiger partial charge in [-0.05, 0) is 74.2 Å². The van der Waals surface area contributed by atoms with Gasteiger partial charge in [-0.25, -0.2) is 9.59 Å². The zero-order chi connectivity index (χ0) is 30.4. The summed E-state index contributed by atoms with van der Waals surface area (Å²) in [4.78, 5) is 39.8. The lowest BCUT2D eigenvalue weighted by Gasteiger charge is -2.22. The van der Waals surface area contributed by atoms with Crippen molar-refractivity contribution < 1.29 is 23.9 Å². The van der Waals surface area contributed by atoms with Crippen molar-refractivity contribution in [2.75, 3.05) is 6.61 Å². The number of carbonyl (C=O) groups is 3. The molecule has 0 radical (unpaired) electrons. The van der Waals surface area contributed by atoms with E-state index in [4.69, 9.17) is 55.9 Å². The molecule has 0 aliphatic rings. The van der Waals surface area contributed by atoms with Crippen LogP contribution in [0.15, 0.2) is 66.7 Å². The Kier molecular flexibility index (Phi) is 11.1. The number of amides is 1. The van der Waals surface area contributed by atoms with Crippen LogP contribution in [0.4, 0.5) is 0 Å². The van der Waals surface area contributed by atoms with Gasteiger partial charge < -0.3 is 14.8 Å². The maximum atomic E-state index is 13.4. The van der Waals surface area contributed by atoms with Gasteiger partial charge >= 0.3 is 11.9 Å². The smallest absolute Gasteiger partial charge is 0.339 e. The second-order valence-corrected chi connectivity index (χ2v) is 13.3. The lowest BCUT2D eigenvalue weighted by atomic mass is 9.93. The fourth-order valence-corrected chi connectivity index (χ4v) is 4.44. The Labute approximate surface area is 260 Å². The Morgan fingerprint density at radius 1 is 0.854 bits per heavy atom. The molecule has 0 bridgehead atoms. The van der Waals surface area contributed by atoms with Crippen molar-refractivity contribution in [3.63, 3.8) is 0 Å². The standard InChI is InChI=1S/C31H31Cl4NO5/c1-5-9-26(19-10-7-6-8-11-19)36-27(37)20-12-14-22(25(16-20)29(39)41-30(2,3)4)24-17-21(32)13-15-23(24)28(38)40-18-31(33,34)35/h6-8,10-17,26H,5,9,18H2,1-4H3,(H,36,37). The summed E-state index contributed by atoms with van der Waals surface area (Å²) in [5.74, 6) is -1.84. The van der Waals surface area contributed by atoms with Crippen LogP contribution in [0.3, 0.4) is 0 Å². The van der Waals surface area contributed by atoms with Crippen LogP contribution < -0.4 is 5.32 Å². The van der Waals surface area contributed by atoms with E-state index in [0.717, 1.165) is 18.4 Å². The van der Waals surface area contributed by atoms with Crippen molar-refractivity contribution in [1.82, 2.24) is 5.32 Å². The van der Waals surface area contributed by atoms with E-state index < -0.39 is 27.9 Å². The molecule has 1 unspecified atom stereocenters. The fourth-order valence-electron chi connectivity index (χ4n) is 4.10. The first-order valence-corrected chi connectivity index (χ1v) is 14.5. The molecule has 0 aliphatic carbocycles. The Morgan fingerprint density at radius 2 is 1.54 bits per heavy atom. The van der Waals surface area contributed by atoms with E-state index >= 15 is 0 Å². The molecular weight excluding hydrogens is 608 g/mol. The third-order valence-corrected chi connectivity index (χ3v) is 6.41. The van der Waals surface area contributed by atoms with Gasteiger partial charge in [-0.1, -0.05) is 96.1 Å². The van der Waals surface area contributed by atoms with Crippen molar-refractivity contribution in [3.05, 3.63) is 94.0 Å². The minimum absolute atomic E-state index is 0.0667. The molecule has 0 spiro atoms. The molecule has 218 valence electrons. The highest BCUT2D eigenvalue weighted by atomic mass is 35.6. The molecule has 0 saturated carbocycles. The third kappa shape index (κ3) is 9.64. The lowest BCUT2D eigenvalue weighted by Crippen LogP contribution is -2.29. The first-order valence-electron chi connectivity index (χ1n) is 13.0. The van der Waals surface area contributed by atoms with E-state index in [2.05, 4.69) is 5.32 Å². The maximum absolute atomic E-state index is 13.4. The van der Waals surface area contributed by atoms with Crippen LogP contribution in [0.2, 0.25) is 5.02 Å². The first kappa shape index (κ1) is 32.7. The molecule has 1 N–H and O–H groups in total. The number of hydrogen-bond donors (Lipinski definition) is 1. The van der Waals surface area contributed by atoms with E-state index in [1.54, 1.807) is 32.9 Å². The van der Waals surface area contributed by atoms with Gasteiger partial charge in [0.2, 0.25) is 3.79 Å². The van der Waals surface area contributed by atoms with Gasteiger partial charge in [-0.15, -0.1) is 0 Å². The molecule has 0 aromatic heterocycles. The topological polar surface area (TPSA) is 81.7 Å². The van der Waals surface area contributed by atoms with E-state index in [-0.39, 0.29) is 34.2 Å². The third-order valence-electron chi connectivity index (χ3n) is 5.84. The molecule has 0 fully saturated rings. The van der Waals surface area contributed by atoms with Crippen LogP contribution in [0, 0.1) is 0 Å². The second kappa shape index (κ2) is 13.9. The van der Waals surface area contributed by atoms with Crippen molar-refractivity contribution >= 4 is 64.2 Å². The summed E-state index contributed by atoms with van der Waals surface area (Å²) < 4.78 is 9.04. The van der Waals surface area contributed by atoms with E-state index in [9.17, 15) is 14.4 Å². The molecule has 41 heavy (non-hydrogen) atoms. The highest BCUT2D eigenvalue weighted by Gasteiger charge is 2.27. The number of rotatable bonds is 9. The molecule has 3 aromatic carbocycles. The van der Waals surface area contributed by atoms with Gasteiger partial charge in [0.05, 0.1) is 17.2 Å². The summed E-state index contributed by atoms with van der Waals surface area (Å²) in [6, 6.07) is 18.5. The van der Waals surface area contributed by atoms with Gasteiger partial charge in [0.1, 0.15) is 12.2 Å². The quantitative estimate of drug-likeness (QED) is 0.187. The average Bonchev–Trinajstić information content (AvgIpc) is 2.90. The van der Waals surface area contributed by atoms with Gasteiger partial charge in [0.15, 0.2) is 0 Å². The van der Waals surface area contributed by atoms with Crippen LogP contribution in [0.5, 0.6) is 0 Å². The number of esters is 2. The summed E-state index contributed by atoms with van der Waals surface area (Å²) in [6.45, 7) is 6.75. The number of alkyl halides is 3. The Hall–Kier alpha value is -2.77. The van der Waals surface area contributed by atoms with Crippen LogP contribution in [-0.4, -0.2) is 33.8 Å². The summed E-state index contributed by atoms with van der Waals surface area (Å²) in [6.07, 6.45) is 1.59. The van der Waals surface area contributed by atoms with Crippen molar-refractivity contribution in [3.8, 4) is 11.1 Å². The molecule has 0 heterocycles. The molecule has 1 amide bonds. The highest BCUT2D eigenvalue weighted by molar-refractivity contribution is 6.67. The van der Waals surface area contributed by atoms with Gasteiger partial charge in [-0.2, -0.15) is 0 Å². The molecule has 1 atom stereocenters. The van der Waals surface area contributed by atoms with Crippen molar-refractivity contribution in [1.29, 1.82) is 0 Å². The monoisotopic (exact) mass is 637 g/mol. The number of carbonyl (C=O) groups excluding carboxylic acids is 3. The molecule has 3 rings (SSSR count). The second-order valence-electron chi connectivity index (χ2n) is 10.4. The number of hydrogen-bond acceptors (Lipinski definition) is 5. The van der Waals surface area contributed by atoms with E-state index in [1.165, 1.54) is 24.3 Å². The number of nitrogens with one attached hydrogen (secondary N) is 1. The molecule has 3 aromatic rings. The fraction of sp³-hybridized carbons (Fsp3) is 0.323. The molecule has 0 aliphatic heterocycles. The minimum atomic E-state index is -1.81. The summed E-state index contributed by atoms with van der Waals surface area (Å²) >= 11 is 23.5. The van der Waals surface area contributed by atoms with Gasteiger partial charge in [0, 0.05) is 10.6 Å². The highest BCUT2D eigenvalue weighted by Crippen LogP contribution is 2.34. The first-order chi connectivity index (χ1) is 19.2. The average molecular weight is 639 g/mol. The number of benzene rings is 3. The molecule has 0 saturated heterocycles. The largest absolute Gasteiger partial charge is 0.458 e. The summed E-state index contributed by atoms with van der Waals surface area (Å²) in [5.41, 5.74) is 1.14. The number of halogens is 4. The Bertz CT molecular complexity index is 1400. The van der Waals surface area contributed by atoms with E-state index in [0.29, 0.717) is 10.6 Å². The molecular formula is C31H31Cl4NO5. The lowest BCUT2D eigenvalue weighted by molar-refractivity contribution is 0.00700. The predicted octanol–water partition coefficient (Wildman–Crippen LogP) is 8.76. The van der Waals surface area contributed by atoms with Gasteiger partial charge in [0.25, 0.3) is 5.91 Å². The van der Waals surface area contributed by atoms with Crippen molar-refractivity contribution in [2.45, 2.75) is 56.0 Å². The van der Waals surface area contributed by atoms with Crippen molar-refractivity contribution in [2.24, 2.45) is 0 Å². The van der Waals surface area contributed by atoms with Crippen LogP contribution in [0.25, 0.3) is 11.1 Å². The normalized spacial score (nSPS) is 12.4. The molecule has 10 heteroatoms. The zero-order valence-corrected chi connectivity index (χ0v) is 26.1. The summed E-state index contributed by atoms with van der Waals surface area (Å²) in [7, 11) is 0.